The summed E-state index contributed by atoms with van der Waals surface area (Å²) in [6.07, 6.45) is 3.41. The lowest BCUT2D eigenvalue weighted by atomic mass is 9.98. The Labute approximate surface area is 157 Å². The molecule has 2 amide bonds. The summed E-state index contributed by atoms with van der Waals surface area (Å²) in [5.74, 6) is -0.151. The molecule has 0 bridgehead atoms. The van der Waals surface area contributed by atoms with Gasteiger partial charge in [-0.15, -0.1) is 12.4 Å². The van der Waals surface area contributed by atoms with Crippen LogP contribution in [0.4, 0.5) is 5.69 Å². The summed E-state index contributed by atoms with van der Waals surface area (Å²) in [6, 6.07) is 7.77. The highest BCUT2D eigenvalue weighted by Gasteiger charge is 2.39. The van der Waals surface area contributed by atoms with E-state index in [1.807, 2.05) is 29.2 Å². The molecule has 1 aromatic carbocycles. The minimum atomic E-state index is -0.256. The molecule has 2 heterocycles. The van der Waals surface area contributed by atoms with Crippen molar-refractivity contribution in [3.8, 4) is 0 Å². The number of likely N-dealkylation sites (tertiary alicyclic amines) is 1. The van der Waals surface area contributed by atoms with Crippen molar-refractivity contribution in [1.82, 2.24) is 4.90 Å². The molecule has 2 aliphatic heterocycles. The molecule has 5 nitrogen and oxygen atoms in total. The molecule has 2 atom stereocenters. The number of carbonyl (C=O) groups is 2. The van der Waals surface area contributed by atoms with Gasteiger partial charge in [0, 0.05) is 42.3 Å². The first-order chi connectivity index (χ1) is 11.1. The van der Waals surface area contributed by atoms with Crippen molar-refractivity contribution in [1.29, 1.82) is 0 Å². The Balaban J connectivity index is 0.00000208. The highest BCUT2D eigenvalue weighted by molar-refractivity contribution is 9.10. The summed E-state index contributed by atoms with van der Waals surface area (Å²) in [4.78, 5) is 28.8. The topological polar surface area (TPSA) is 66.6 Å². The zero-order valence-corrected chi connectivity index (χ0v) is 15.9. The molecule has 3 rings (SSSR count). The molecule has 0 radical (unpaired) electrons. The second kappa shape index (κ2) is 8.32. The van der Waals surface area contributed by atoms with E-state index >= 15 is 0 Å². The van der Waals surface area contributed by atoms with Crippen LogP contribution in [0, 0.1) is 5.92 Å². The van der Waals surface area contributed by atoms with Gasteiger partial charge in [-0.05, 0) is 37.5 Å². The van der Waals surface area contributed by atoms with Gasteiger partial charge in [-0.25, -0.2) is 0 Å². The van der Waals surface area contributed by atoms with Gasteiger partial charge in [0.25, 0.3) is 0 Å². The maximum absolute atomic E-state index is 12.8. The van der Waals surface area contributed by atoms with Gasteiger partial charge >= 0.3 is 0 Å². The average Bonchev–Trinajstić information content (AvgIpc) is 2.96. The minimum absolute atomic E-state index is 0. The lowest BCUT2D eigenvalue weighted by molar-refractivity contribution is -0.139. The van der Waals surface area contributed by atoms with Crippen LogP contribution < -0.4 is 10.6 Å². The van der Waals surface area contributed by atoms with Gasteiger partial charge in [0.1, 0.15) is 0 Å². The van der Waals surface area contributed by atoms with Crippen LogP contribution >= 0.6 is 28.3 Å². The highest BCUT2D eigenvalue weighted by Crippen LogP contribution is 2.29. The summed E-state index contributed by atoms with van der Waals surface area (Å²) in [6.45, 7) is 1.73. The van der Waals surface area contributed by atoms with Crippen LogP contribution in [0.1, 0.15) is 25.7 Å². The first-order valence-electron chi connectivity index (χ1n) is 8.16. The van der Waals surface area contributed by atoms with Gasteiger partial charge < -0.3 is 15.5 Å². The number of hydrogen-bond donors (Lipinski definition) is 1. The zero-order chi connectivity index (χ0) is 16.4. The van der Waals surface area contributed by atoms with Gasteiger partial charge in [-0.1, -0.05) is 22.0 Å². The van der Waals surface area contributed by atoms with E-state index < -0.39 is 0 Å². The van der Waals surface area contributed by atoms with Crippen molar-refractivity contribution in [3.63, 3.8) is 0 Å². The fourth-order valence-corrected chi connectivity index (χ4v) is 3.92. The van der Waals surface area contributed by atoms with Gasteiger partial charge in [0.15, 0.2) is 0 Å². The van der Waals surface area contributed by atoms with Crippen LogP contribution in [0.15, 0.2) is 28.7 Å². The maximum Gasteiger partial charge on any atom is 0.228 e. The summed E-state index contributed by atoms with van der Waals surface area (Å²) in [7, 11) is 0. The SMILES string of the molecule is Cl.NCC1CCCCN1C(=O)C1CC(=O)N(c2cccc(Br)c2)C1. The monoisotopic (exact) mass is 415 g/mol. The quantitative estimate of drug-likeness (QED) is 0.823. The number of benzene rings is 1. The third kappa shape index (κ3) is 3.92. The number of anilines is 1. The number of carbonyl (C=O) groups excluding carboxylic acids is 2. The molecule has 0 saturated carbocycles. The van der Waals surface area contributed by atoms with E-state index in [9.17, 15) is 9.59 Å². The number of rotatable bonds is 3. The zero-order valence-electron chi connectivity index (χ0n) is 13.5. The molecular formula is C17H23BrClN3O2. The Morgan fingerprint density at radius 3 is 2.83 bits per heavy atom. The van der Waals surface area contributed by atoms with Gasteiger partial charge in [0.05, 0.1) is 5.92 Å². The molecule has 0 spiro atoms. The molecule has 2 saturated heterocycles. The Bertz CT molecular complexity index is 613. The Morgan fingerprint density at radius 2 is 2.12 bits per heavy atom. The molecule has 132 valence electrons. The molecule has 7 heteroatoms. The number of amides is 2. The normalized spacial score (nSPS) is 24.0. The Kier molecular flexibility index (Phi) is 6.66. The van der Waals surface area contributed by atoms with Crippen molar-refractivity contribution in [2.75, 3.05) is 24.5 Å². The second-order valence-electron chi connectivity index (χ2n) is 6.30. The predicted octanol–water partition coefficient (Wildman–Crippen LogP) is 2.56. The number of piperidine rings is 1. The first kappa shape index (κ1) is 19.2. The minimum Gasteiger partial charge on any atom is -0.338 e. The molecule has 0 aliphatic carbocycles. The number of hydrogen-bond acceptors (Lipinski definition) is 3. The largest absolute Gasteiger partial charge is 0.338 e. The number of nitrogens with two attached hydrogens (primary N) is 1. The first-order valence-corrected chi connectivity index (χ1v) is 8.96. The summed E-state index contributed by atoms with van der Waals surface area (Å²) < 4.78 is 0.928. The fourth-order valence-electron chi connectivity index (χ4n) is 3.54. The maximum atomic E-state index is 12.8. The summed E-state index contributed by atoms with van der Waals surface area (Å²) >= 11 is 3.43. The molecular weight excluding hydrogens is 394 g/mol. The van der Waals surface area contributed by atoms with Crippen LogP contribution in [0.25, 0.3) is 0 Å². The lowest BCUT2D eigenvalue weighted by Crippen LogP contribution is -2.50. The Hall–Kier alpha value is -1.11. The average molecular weight is 417 g/mol. The van der Waals surface area contributed by atoms with Gasteiger partial charge in [-0.2, -0.15) is 0 Å². The van der Waals surface area contributed by atoms with E-state index in [0.29, 0.717) is 19.5 Å². The summed E-state index contributed by atoms with van der Waals surface area (Å²) in [5, 5.41) is 0. The predicted molar refractivity (Wildman–Crippen MR) is 100 cm³/mol. The van der Waals surface area contributed by atoms with Crippen LogP contribution in [-0.4, -0.2) is 42.4 Å². The third-order valence-electron chi connectivity index (χ3n) is 4.78. The van der Waals surface area contributed by atoms with E-state index in [4.69, 9.17) is 5.73 Å². The molecule has 0 aromatic heterocycles. The molecule has 2 fully saturated rings. The van der Waals surface area contributed by atoms with Crippen molar-refractivity contribution in [2.24, 2.45) is 11.7 Å². The molecule has 1 aromatic rings. The number of halogens is 2. The van der Waals surface area contributed by atoms with E-state index in [-0.39, 0.29) is 36.2 Å². The Morgan fingerprint density at radius 1 is 1.33 bits per heavy atom. The van der Waals surface area contributed by atoms with Crippen molar-refractivity contribution >= 4 is 45.8 Å². The molecule has 2 N–H and O–H groups in total. The van der Waals surface area contributed by atoms with E-state index in [1.54, 1.807) is 4.90 Å². The van der Waals surface area contributed by atoms with Crippen LogP contribution in [-0.2, 0) is 9.59 Å². The standard InChI is InChI=1S/C17H22BrN3O2.ClH/c18-13-4-3-6-14(9-13)21-11-12(8-16(21)22)17(23)20-7-2-1-5-15(20)10-19;/h3-4,6,9,12,15H,1-2,5,7-8,10-11,19H2;1H. The summed E-state index contributed by atoms with van der Waals surface area (Å²) in [5.41, 5.74) is 6.66. The smallest absolute Gasteiger partial charge is 0.228 e. The van der Waals surface area contributed by atoms with Crippen LogP contribution in [0.3, 0.4) is 0 Å². The number of nitrogens with zero attached hydrogens (tertiary/aromatic N) is 2. The van der Waals surface area contributed by atoms with Crippen molar-refractivity contribution < 1.29 is 9.59 Å². The lowest BCUT2D eigenvalue weighted by Gasteiger charge is -2.36. The van der Waals surface area contributed by atoms with Crippen LogP contribution in [0.2, 0.25) is 0 Å². The van der Waals surface area contributed by atoms with Gasteiger partial charge in [-0.3, -0.25) is 9.59 Å². The van der Waals surface area contributed by atoms with Crippen molar-refractivity contribution in [2.45, 2.75) is 31.7 Å². The second-order valence-corrected chi connectivity index (χ2v) is 7.22. The molecule has 2 unspecified atom stereocenters. The molecule has 24 heavy (non-hydrogen) atoms. The van der Waals surface area contributed by atoms with Crippen molar-refractivity contribution in [3.05, 3.63) is 28.7 Å². The highest BCUT2D eigenvalue weighted by atomic mass is 79.9. The van der Waals surface area contributed by atoms with Crippen LogP contribution in [0.5, 0.6) is 0 Å². The third-order valence-corrected chi connectivity index (χ3v) is 5.27. The van der Waals surface area contributed by atoms with E-state index in [0.717, 1.165) is 36.0 Å². The van der Waals surface area contributed by atoms with Gasteiger partial charge in [0.2, 0.25) is 11.8 Å². The van der Waals surface area contributed by atoms with E-state index in [2.05, 4.69) is 15.9 Å². The fraction of sp³-hybridized carbons (Fsp3) is 0.529. The van der Waals surface area contributed by atoms with E-state index in [1.165, 1.54) is 0 Å². The molecule has 2 aliphatic rings.